The Hall–Kier alpha value is -3.58. The molecule has 0 spiro atoms. The van der Waals surface area contributed by atoms with E-state index in [-0.39, 0.29) is 0 Å². The average molecular weight is 405 g/mol. The van der Waals surface area contributed by atoms with Crippen LogP contribution in [-0.2, 0) is 0 Å². The Labute approximate surface area is 170 Å². The number of ether oxygens (including phenoxy) is 1. The van der Waals surface area contributed by atoms with E-state index in [9.17, 15) is 9.18 Å². The van der Waals surface area contributed by atoms with Gasteiger partial charge in [-0.05, 0) is 48.0 Å². The van der Waals surface area contributed by atoms with E-state index >= 15 is 0 Å². The highest BCUT2D eigenvalue weighted by atomic mass is 32.1. The van der Waals surface area contributed by atoms with Crippen LogP contribution in [0, 0.1) is 5.82 Å². The van der Waals surface area contributed by atoms with Crippen molar-refractivity contribution in [3.63, 3.8) is 0 Å². The van der Waals surface area contributed by atoms with E-state index in [1.807, 2.05) is 48.5 Å². The van der Waals surface area contributed by atoms with Gasteiger partial charge in [-0.15, -0.1) is 0 Å². The van der Waals surface area contributed by atoms with E-state index in [2.05, 4.69) is 10.1 Å². The Morgan fingerprint density at radius 2 is 1.86 bits per heavy atom. The molecule has 4 rings (SSSR count). The van der Waals surface area contributed by atoms with Gasteiger partial charge < -0.3 is 4.74 Å². The summed E-state index contributed by atoms with van der Waals surface area (Å²) in [5, 5.41) is 6.03. The Balaban J connectivity index is 1.75. The first-order valence-corrected chi connectivity index (χ1v) is 9.59. The molecule has 0 aliphatic heterocycles. The zero-order valence-electron chi connectivity index (χ0n) is 15.4. The van der Waals surface area contributed by atoms with Crippen LogP contribution in [0.15, 0.2) is 77.9 Å². The number of halogens is 1. The van der Waals surface area contributed by atoms with Gasteiger partial charge in [0, 0.05) is 5.56 Å². The number of rotatable bonds is 5. The highest BCUT2D eigenvalue weighted by Crippen LogP contribution is 2.32. The Morgan fingerprint density at radius 1 is 1.10 bits per heavy atom. The van der Waals surface area contributed by atoms with Crippen LogP contribution in [0.25, 0.3) is 10.2 Å². The quantitative estimate of drug-likeness (QED) is 0.342. The zero-order chi connectivity index (χ0) is 20.2. The number of methoxy groups -OCH3 is 1. The molecule has 0 aliphatic rings. The van der Waals surface area contributed by atoms with Gasteiger partial charge in [0.15, 0.2) is 0 Å². The number of nitrogens with zero attached hydrogens (tertiary/aromatic N) is 3. The minimum Gasteiger partial charge on any atom is -0.497 e. The first kappa shape index (κ1) is 18.8. The smallest absolute Gasteiger partial charge is 0.280 e. The molecule has 0 unspecified atom stereocenters. The van der Waals surface area contributed by atoms with Gasteiger partial charge in [0.2, 0.25) is 5.13 Å². The van der Waals surface area contributed by atoms with Crippen molar-refractivity contribution < 1.29 is 13.9 Å². The van der Waals surface area contributed by atoms with Crippen LogP contribution in [0.2, 0.25) is 0 Å². The molecule has 4 aromatic rings. The summed E-state index contributed by atoms with van der Waals surface area (Å²) >= 11 is 1.32. The second-order valence-corrected chi connectivity index (χ2v) is 7.12. The molecule has 3 aromatic carbocycles. The highest BCUT2D eigenvalue weighted by Gasteiger charge is 2.21. The molecule has 7 heteroatoms. The van der Waals surface area contributed by atoms with Crippen LogP contribution < -0.4 is 9.75 Å². The fraction of sp³-hybridized carbons (Fsp3) is 0.0455. The predicted molar refractivity (Wildman–Crippen MR) is 113 cm³/mol. The van der Waals surface area contributed by atoms with Crippen molar-refractivity contribution in [1.29, 1.82) is 0 Å². The Kier molecular flexibility index (Phi) is 5.31. The Morgan fingerprint density at radius 3 is 2.59 bits per heavy atom. The second-order valence-electron chi connectivity index (χ2n) is 6.11. The molecule has 29 heavy (non-hydrogen) atoms. The fourth-order valence-corrected chi connectivity index (χ4v) is 3.63. The highest BCUT2D eigenvalue weighted by molar-refractivity contribution is 7.22. The van der Waals surface area contributed by atoms with Crippen molar-refractivity contribution in [3.05, 3.63) is 89.7 Å². The topological polar surface area (TPSA) is 54.8 Å². The molecule has 0 fully saturated rings. The number of aromatic nitrogens is 1. The lowest BCUT2D eigenvalue weighted by Crippen LogP contribution is -2.25. The third-order valence-corrected chi connectivity index (χ3v) is 5.16. The van der Waals surface area contributed by atoms with Crippen LogP contribution in [0.5, 0.6) is 5.75 Å². The summed E-state index contributed by atoms with van der Waals surface area (Å²) in [4.78, 5) is 17.7. The molecule has 144 valence electrons. The van der Waals surface area contributed by atoms with Gasteiger partial charge in [0.05, 0.1) is 23.5 Å². The molecule has 1 aromatic heterocycles. The Bertz CT molecular complexity index is 1170. The number of thiazole rings is 1. The van der Waals surface area contributed by atoms with Crippen molar-refractivity contribution in [2.45, 2.75) is 0 Å². The van der Waals surface area contributed by atoms with Crippen LogP contribution >= 0.6 is 11.3 Å². The summed E-state index contributed by atoms with van der Waals surface area (Å²) in [6.07, 6.45) is 1.59. The van der Waals surface area contributed by atoms with Crippen LogP contribution in [0.1, 0.15) is 15.9 Å². The van der Waals surface area contributed by atoms with Crippen molar-refractivity contribution >= 4 is 38.8 Å². The van der Waals surface area contributed by atoms with E-state index in [4.69, 9.17) is 4.74 Å². The van der Waals surface area contributed by atoms with Crippen LogP contribution in [-0.4, -0.2) is 24.2 Å². The summed E-state index contributed by atoms with van der Waals surface area (Å²) in [5.74, 6) is -0.104. The average Bonchev–Trinajstić information content (AvgIpc) is 3.17. The number of hydrazone groups is 1. The standard InChI is InChI=1S/C22H16FN3O2S/c1-28-18-11-12-19-20(13-18)29-22(25-19)26(24-14-15-5-3-2-4-6-15)21(27)16-7-9-17(23)10-8-16/h2-14H,1H3/b24-14+. The van der Waals surface area contributed by atoms with E-state index in [1.165, 1.54) is 40.6 Å². The van der Waals surface area contributed by atoms with E-state index < -0.39 is 11.7 Å². The third-order valence-electron chi connectivity index (χ3n) is 4.17. The number of carbonyl (C=O) groups is 1. The summed E-state index contributed by atoms with van der Waals surface area (Å²) in [6.45, 7) is 0. The first-order valence-electron chi connectivity index (χ1n) is 8.78. The van der Waals surface area contributed by atoms with Crippen molar-refractivity contribution in [2.75, 3.05) is 12.1 Å². The SMILES string of the molecule is COc1ccc2nc(N(/N=C/c3ccccc3)C(=O)c3ccc(F)cc3)sc2c1. The van der Waals surface area contributed by atoms with E-state index in [0.717, 1.165) is 15.8 Å². The molecule has 0 saturated carbocycles. The van der Waals surface area contributed by atoms with Gasteiger partial charge in [-0.3, -0.25) is 4.79 Å². The number of hydrogen-bond acceptors (Lipinski definition) is 5. The maximum atomic E-state index is 13.3. The summed E-state index contributed by atoms with van der Waals surface area (Å²) in [5.41, 5.74) is 1.89. The van der Waals surface area contributed by atoms with Crippen LogP contribution in [0.4, 0.5) is 9.52 Å². The van der Waals surface area contributed by atoms with Crippen molar-refractivity contribution in [2.24, 2.45) is 5.10 Å². The fourth-order valence-electron chi connectivity index (χ4n) is 2.68. The van der Waals surface area contributed by atoms with E-state index in [1.54, 1.807) is 13.3 Å². The van der Waals surface area contributed by atoms with Gasteiger partial charge in [0.25, 0.3) is 5.91 Å². The molecule has 0 bridgehead atoms. The number of hydrogen-bond donors (Lipinski definition) is 0. The lowest BCUT2D eigenvalue weighted by molar-refractivity contribution is 0.0988. The van der Waals surface area contributed by atoms with Gasteiger partial charge in [-0.2, -0.15) is 10.1 Å². The molecule has 0 radical (unpaired) electrons. The molecule has 1 heterocycles. The third kappa shape index (κ3) is 4.14. The maximum absolute atomic E-state index is 13.3. The number of benzene rings is 3. The van der Waals surface area contributed by atoms with Gasteiger partial charge in [-0.1, -0.05) is 41.7 Å². The van der Waals surface area contributed by atoms with Gasteiger partial charge in [0.1, 0.15) is 11.6 Å². The molecular weight excluding hydrogens is 389 g/mol. The van der Waals surface area contributed by atoms with Gasteiger partial charge >= 0.3 is 0 Å². The second kappa shape index (κ2) is 8.20. The largest absolute Gasteiger partial charge is 0.497 e. The van der Waals surface area contributed by atoms with Crippen molar-refractivity contribution in [3.8, 4) is 5.75 Å². The van der Waals surface area contributed by atoms with Gasteiger partial charge in [-0.25, -0.2) is 9.37 Å². The summed E-state index contributed by atoms with van der Waals surface area (Å²) < 4.78 is 19.4. The summed E-state index contributed by atoms with van der Waals surface area (Å²) in [7, 11) is 1.59. The molecule has 1 amide bonds. The maximum Gasteiger partial charge on any atom is 0.280 e. The first-order chi connectivity index (χ1) is 14.1. The molecule has 0 saturated heterocycles. The predicted octanol–water partition coefficient (Wildman–Crippen LogP) is 5.12. The zero-order valence-corrected chi connectivity index (χ0v) is 16.3. The lowest BCUT2D eigenvalue weighted by Gasteiger charge is -2.13. The molecular formula is C22H16FN3O2S. The normalized spacial score (nSPS) is 11.1. The summed E-state index contributed by atoms with van der Waals surface area (Å²) in [6, 6.07) is 20.3. The molecule has 0 atom stereocenters. The molecule has 0 aliphatic carbocycles. The lowest BCUT2D eigenvalue weighted by atomic mass is 10.2. The minimum absolute atomic E-state index is 0.313. The molecule has 5 nitrogen and oxygen atoms in total. The number of fused-ring (bicyclic) bond motifs is 1. The van der Waals surface area contributed by atoms with Crippen molar-refractivity contribution in [1.82, 2.24) is 4.98 Å². The number of carbonyl (C=O) groups excluding carboxylic acids is 1. The van der Waals surface area contributed by atoms with Crippen LogP contribution in [0.3, 0.4) is 0 Å². The molecule has 0 N–H and O–H groups in total. The minimum atomic E-state index is -0.409. The number of amides is 1. The monoisotopic (exact) mass is 405 g/mol. The number of anilines is 1. The van der Waals surface area contributed by atoms with E-state index in [0.29, 0.717) is 16.4 Å².